The van der Waals surface area contributed by atoms with Gasteiger partial charge in [0.1, 0.15) is 24.3 Å². The lowest BCUT2D eigenvalue weighted by Crippen LogP contribution is -2.25. The fraction of sp³-hybridized carbons (Fsp3) is 0.625. The average Bonchev–Trinajstić information content (AvgIpc) is 2.65. The fourth-order valence-corrected chi connectivity index (χ4v) is 2.23. The lowest BCUT2D eigenvalue weighted by atomic mass is 9.87. The van der Waals surface area contributed by atoms with Crippen molar-refractivity contribution in [2.45, 2.75) is 51.9 Å². The minimum absolute atomic E-state index is 0.115. The molecular formula is C16H23FO3. The second-order valence-corrected chi connectivity index (χ2v) is 6.65. The highest BCUT2D eigenvalue weighted by Gasteiger charge is 2.33. The molecule has 1 heterocycles. The lowest BCUT2D eigenvalue weighted by Gasteiger charge is -2.20. The van der Waals surface area contributed by atoms with Gasteiger partial charge >= 0.3 is 0 Å². The van der Waals surface area contributed by atoms with Gasteiger partial charge in [0, 0.05) is 6.07 Å². The Kier molecular flexibility index (Phi) is 4.07. The third-order valence-electron chi connectivity index (χ3n) is 3.25. The van der Waals surface area contributed by atoms with Gasteiger partial charge in [-0.05, 0) is 30.9 Å². The van der Waals surface area contributed by atoms with Crippen molar-refractivity contribution in [2.75, 3.05) is 13.2 Å². The molecule has 0 aliphatic carbocycles. The van der Waals surface area contributed by atoms with Gasteiger partial charge in [-0.3, -0.25) is 0 Å². The first kappa shape index (κ1) is 15.3. The summed E-state index contributed by atoms with van der Waals surface area (Å²) in [4.78, 5) is 0. The summed E-state index contributed by atoms with van der Waals surface area (Å²) < 4.78 is 30.7. The predicted octanol–water partition coefficient (Wildman–Crippen LogP) is 3.65. The normalized spacial score (nSPS) is 22.0. The zero-order valence-electron chi connectivity index (χ0n) is 12.8. The Morgan fingerprint density at radius 2 is 2.05 bits per heavy atom. The number of hydrogen-bond acceptors (Lipinski definition) is 3. The van der Waals surface area contributed by atoms with E-state index in [0.717, 1.165) is 0 Å². The molecule has 0 amide bonds. The van der Waals surface area contributed by atoms with Crippen molar-refractivity contribution >= 4 is 0 Å². The molecule has 0 radical (unpaired) electrons. The minimum atomic E-state index is -0.560. The number of ether oxygens (including phenoxy) is 3. The highest BCUT2D eigenvalue weighted by atomic mass is 19.1. The molecule has 3 nitrogen and oxygen atoms in total. The summed E-state index contributed by atoms with van der Waals surface area (Å²) in [7, 11) is 0. The second kappa shape index (κ2) is 5.34. The van der Waals surface area contributed by atoms with Crippen molar-refractivity contribution < 1.29 is 18.6 Å². The van der Waals surface area contributed by atoms with Gasteiger partial charge in [0.05, 0.1) is 6.61 Å². The summed E-state index contributed by atoms with van der Waals surface area (Å²) in [6, 6.07) is 5.01. The summed E-state index contributed by atoms with van der Waals surface area (Å²) in [5.74, 6) is -0.280. The first-order chi connectivity index (χ1) is 9.17. The molecule has 1 unspecified atom stereocenters. The van der Waals surface area contributed by atoms with Gasteiger partial charge in [-0.2, -0.15) is 0 Å². The molecule has 1 saturated heterocycles. The van der Waals surface area contributed by atoms with E-state index in [0.29, 0.717) is 24.5 Å². The van der Waals surface area contributed by atoms with Crippen LogP contribution < -0.4 is 4.74 Å². The van der Waals surface area contributed by atoms with Crippen LogP contribution in [0.5, 0.6) is 5.75 Å². The van der Waals surface area contributed by atoms with Crippen molar-refractivity contribution in [3.63, 3.8) is 0 Å². The summed E-state index contributed by atoms with van der Waals surface area (Å²) in [6.07, 6.45) is -0.115. The molecule has 1 aromatic carbocycles. The molecular weight excluding hydrogens is 259 g/mol. The van der Waals surface area contributed by atoms with Crippen LogP contribution in [-0.2, 0) is 14.9 Å². The summed E-state index contributed by atoms with van der Waals surface area (Å²) in [5, 5.41) is 0. The van der Waals surface area contributed by atoms with Crippen LogP contribution >= 0.6 is 0 Å². The van der Waals surface area contributed by atoms with Gasteiger partial charge in [-0.25, -0.2) is 4.39 Å². The molecule has 1 fully saturated rings. The molecule has 0 bridgehead atoms. The van der Waals surface area contributed by atoms with Gasteiger partial charge in [0.25, 0.3) is 0 Å². The molecule has 20 heavy (non-hydrogen) atoms. The molecule has 1 aliphatic heterocycles. The van der Waals surface area contributed by atoms with Crippen LogP contribution in [0.4, 0.5) is 4.39 Å². The molecule has 2 rings (SSSR count). The van der Waals surface area contributed by atoms with E-state index in [1.54, 1.807) is 12.1 Å². The zero-order chi connectivity index (χ0) is 15.0. The average molecular weight is 282 g/mol. The third-order valence-corrected chi connectivity index (χ3v) is 3.25. The smallest absolute Gasteiger partial charge is 0.163 e. The Morgan fingerprint density at radius 3 is 2.55 bits per heavy atom. The fourth-order valence-electron chi connectivity index (χ4n) is 2.23. The molecule has 4 heteroatoms. The number of rotatable bonds is 3. The van der Waals surface area contributed by atoms with Gasteiger partial charge in [0.2, 0.25) is 0 Å². The third kappa shape index (κ3) is 3.70. The summed E-state index contributed by atoms with van der Waals surface area (Å²) >= 11 is 0. The van der Waals surface area contributed by atoms with Crippen LogP contribution in [0.3, 0.4) is 0 Å². The molecule has 1 aromatic rings. The maximum atomic E-state index is 14.0. The van der Waals surface area contributed by atoms with Gasteiger partial charge in [-0.15, -0.1) is 0 Å². The van der Waals surface area contributed by atoms with E-state index in [9.17, 15) is 4.39 Å². The molecule has 0 saturated carbocycles. The molecule has 0 N–H and O–H groups in total. The van der Waals surface area contributed by atoms with Crippen LogP contribution in [0.15, 0.2) is 18.2 Å². The molecule has 0 spiro atoms. The monoisotopic (exact) mass is 282 g/mol. The van der Waals surface area contributed by atoms with E-state index in [1.165, 1.54) is 6.07 Å². The highest BCUT2D eigenvalue weighted by molar-refractivity contribution is 5.32. The van der Waals surface area contributed by atoms with Gasteiger partial charge in [0.15, 0.2) is 5.79 Å². The molecule has 0 aromatic heterocycles. The summed E-state index contributed by atoms with van der Waals surface area (Å²) in [6.45, 7) is 10.5. The van der Waals surface area contributed by atoms with Crippen molar-refractivity contribution in [2.24, 2.45) is 0 Å². The largest absolute Gasteiger partial charge is 0.491 e. The maximum Gasteiger partial charge on any atom is 0.163 e. The van der Waals surface area contributed by atoms with E-state index in [4.69, 9.17) is 14.2 Å². The van der Waals surface area contributed by atoms with E-state index in [1.807, 2.05) is 34.6 Å². The minimum Gasteiger partial charge on any atom is -0.491 e. The first-order valence-corrected chi connectivity index (χ1v) is 6.92. The number of hydrogen-bond donors (Lipinski definition) is 0. The molecule has 112 valence electrons. The van der Waals surface area contributed by atoms with Crippen molar-refractivity contribution in [3.8, 4) is 5.75 Å². The van der Waals surface area contributed by atoms with Crippen LogP contribution in [0.1, 0.15) is 40.2 Å². The quantitative estimate of drug-likeness (QED) is 0.847. The van der Waals surface area contributed by atoms with Crippen molar-refractivity contribution in [1.82, 2.24) is 0 Å². The lowest BCUT2D eigenvalue weighted by molar-refractivity contribution is -0.141. The number of halogens is 1. The zero-order valence-corrected chi connectivity index (χ0v) is 12.8. The van der Waals surface area contributed by atoms with Gasteiger partial charge in [-0.1, -0.05) is 26.8 Å². The van der Waals surface area contributed by atoms with Crippen LogP contribution in [0.2, 0.25) is 0 Å². The van der Waals surface area contributed by atoms with Crippen LogP contribution in [0.25, 0.3) is 0 Å². The summed E-state index contributed by atoms with van der Waals surface area (Å²) in [5.41, 5.74) is 0.473. The standard InChI is InChI=1S/C16H23FO3/c1-15(2,3)13-7-6-11(8-14(13)17)18-9-12-10-19-16(4,5)20-12/h6-8,12H,9-10H2,1-5H3. The molecule has 1 atom stereocenters. The highest BCUT2D eigenvalue weighted by Crippen LogP contribution is 2.28. The Bertz CT molecular complexity index is 477. The Hall–Kier alpha value is -1.13. The second-order valence-electron chi connectivity index (χ2n) is 6.65. The SMILES string of the molecule is CC1(C)OCC(COc2ccc(C(C)(C)C)c(F)c2)O1. The topological polar surface area (TPSA) is 27.7 Å². The Morgan fingerprint density at radius 1 is 1.35 bits per heavy atom. The maximum absolute atomic E-state index is 14.0. The van der Waals surface area contributed by atoms with Crippen molar-refractivity contribution in [1.29, 1.82) is 0 Å². The Labute approximate surface area is 120 Å². The van der Waals surface area contributed by atoms with E-state index in [-0.39, 0.29) is 17.3 Å². The van der Waals surface area contributed by atoms with Gasteiger partial charge < -0.3 is 14.2 Å². The first-order valence-electron chi connectivity index (χ1n) is 6.92. The van der Waals surface area contributed by atoms with Crippen LogP contribution in [0, 0.1) is 5.82 Å². The van der Waals surface area contributed by atoms with Crippen LogP contribution in [-0.4, -0.2) is 25.1 Å². The number of benzene rings is 1. The van der Waals surface area contributed by atoms with E-state index >= 15 is 0 Å². The Balaban J connectivity index is 1.96. The molecule has 1 aliphatic rings. The predicted molar refractivity (Wildman–Crippen MR) is 75.5 cm³/mol. The van der Waals surface area contributed by atoms with E-state index in [2.05, 4.69) is 0 Å². The van der Waals surface area contributed by atoms with E-state index < -0.39 is 5.79 Å². The van der Waals surface area contributed by atoms with Crippen molar-refractivity contribution in [3.05, 3.63) is 29.6 Å².